The molecule has 3 N–H and O–H groups in total. The Morgan fingerprint density at radius 3 is 2.69 bits per heavy atom. The highest BCUT2D eigenvalue weighted by Gasteiger charge is 2.65. The third-order valence-electron chi connectivity index (χ3n) is 11.2. The minimum absolute atomic E-state index is 0.104. The van der Waals surface area contributed by atoms with Gasteiger partial charge in [-0.05, 0) is 92.2 Å². The first-order chi connectivity index (χ1) is 15.2. The molecule has 6 aliphatic rings. The summed E-state index contributed by atoms with van der Waals surface area (Å²) in [5.74, 6) is 1.92. The number of fused-ring (bicyclic) bond motifs is 6. The molecule has 32 heavy (non-hydrogen) atoms. The maximum atomic E-state index is 13.2. The summed E-state index contributed by atoms with van der Waals surface area (Å²) in [5, 5.41) is 25.9. The molecule has 4 aliphatic carbocycles. The molecule has 178 valence electrons. The second-order valence-electron chi connectivity index (χ2n) is 12.6. The predicted octanol–water partition coefficient (Wildman–Crippen LogP) is 3.23. The number of ketones is 1. The normalized spacial score (nSPS) is 57.2. The van der Waals surface area contributed by atoms with Crippen molar-refractivity contribution >= 4 is 5.78 Å². The lowest BCUT2D eigenvalue weighted by Gasteiger charge is -2.53. The monoisotopic (exact) mass is 443 g/mol. The van der Waals surface area contributed by atoms with E-state index < -0.39 is 6.10 Å². The third kappa shape index (κ3) is 2.68. The highest BCUT2D eigenvalue weighted by molar-refractivity contribution is 5.84. The van der Waals surface area contributed by atoms with Crippen LogP contribution in [0.15, 0.2) is 11.1 Å². The van der Waals surface area contributed by atoms with Gasteiger partial charge in [0.25, 0.3) is 0 Å². The number of carbonyl (C=O) groups excluding carboxylic acids is 1. The number of hydrogen-bond acceptors (Lipinski definition) is 5. The van der Waals surface area contributed by atoms with Crippen LogP contribution in [0.4, 0.5) is 0 Å². The van der Waals surface area contributed by atoms with Crippen LogP contribution < -0.4 is 5.32 Å². The molecule has 0 aromatic carbocycles. The predicted molar refractivity (Wildman–Crippen MR) is 122 cm³/mol. The summed E-state index contributed by atoms with van der Waals surface area (Å²) in [6, 6.07) is 0.391. The van der Waals surface area contributed by atoms with Crippen LogP contribution in [0.2, 0.25) is 0 Å². The van der Waals surface area contributed by atoms with E-state index in [9.17, 15) is 15.0 Å². The van der Waals surface area contributed by atoms with Gasteiger partial charge in [-0.3, -0.25) is 4.79 Å². The Morgan fingerprint density at radius 1 is 1.12 bits per heavy atom. The van der Waals surface area contributed by atoms with Crippen molar-refractivity contribution in [3.63, 3.8) is 0 Å². The van der Waals surface area contributed by atoms with E-state index in [-0.39, 0.29) is 41.0 Å². The van der Waals surface area contributed by atoms with E-state index >= 15 is 0 Å². The summed E-state index contributed by atoms with van der Waals surface area (Å²) in [7, 11) is 0. The zero-order valence-corrected chi connectivity index (χ0v) is 20.1. The van der Waals surface area contributed by atoms with Crippen molar-refractivity contribution < 1.29 is 19.7 Å². The molecule has 2 aliphatic heterocycles. The molecule has 0 radical (unpaired) electrons. The molecule has 5 heteroatoms. The second kappa shape index (κ2) is 7.13. The zero-order chi connectivity index (χ0) is 22.6. The number of ether oxygens (including phenoxy) is 1. The van der Waals surface area contributed by atoms with Gasteiger partial charge in [0.1, 0.15) is 5.78 Å². The lowest BCUT2D eigenvalue weighted by Crippen LogP contribution is -2.53. The quantitative estimate of drug-likeness (QED) is 0.501. The van der Waals surface area contributed by atoms with Crippen molar-refractivity contribution in [2.45, 2.75) is 103 Å². The van der Waals surface area contributed by atoms with Crippen LogP contribution in [0.1, 0.15) is 72.6 Å². The summed E-state index contributed by atoms with van der Waals surface area (Å²) in [6.45, 7) is 10.2. The van der Waals surface area contributed by atoms with Crippen molar-refractivity contribution in [2.24, 2.45) is 40.9 Å². The van der Waals surface area contributed by atoms with E-state index in [0.717, 1.165) is 38.6 Å². The molecule has 12 unspecified atom stereocenters. The van der Waals surface area contributed by atoms with Gasteiger partial charge in [-0.1, -0.05) is 20.8 Å². The van der Waals surface area contributed by atoms with Crippen LogP contribution in [0.5, 0.6) is 0 Å². The molecule has 2 saturated heterocycles. The average molecular weight is 444 g/mol. The van der Waals surface area contributed by atoms with Gasteiger partial charge >= 0.3 is 0 Å². The number of carbonyl (C=O) groups is 1. The molecule has 0 bridgehead atoms. The maximum Gasteiger partial charge on any atom is 0.136 e. The first kappa shape index (κ1) is 21.8. The molecule has 5 fully saturated rings. The number of hydrogen-bond donors (Lipinski definition) is 3. The molecule has 0 amide bonds. The van der Waals surface area contributed by atoms with Crippen molar-refractivity contribution in [3.8, 4) is 0 Å². The summed E-state index contributed by atoms with van der Waals surface area (Å²) in [4.78, 5) is 13.2. The highest BCUT2D eigenvalue weighted by atomic mass is 16.5. The maximum absolute atomic E-state index is 13.2. The molecule has 12 atom stereocenters. The van der Waals surface area contributed by atoms with Gasteiger partial charge in [0.2, 0.25) is 0 Å². The van der Waals surface area contributed by atoms with Crippen molar-refractivity contribution in [3.05, 3.63) is 11.1 Å². The van der Waals surface area contributed by atoms with Crippen molar-refractivity contribution in [2.75, 3.05) is 6.54 Å². The zero-order valence-electron chi connectivity index (χ0n) is 20.1. The molecule has 0 aromatic heterocycles. The van der Waals surface area contributed by atoms with E-state index in [1.165, 1.54) is 11.1 Å². The van der Waals surface area contributed by atoms with Gasteiger partial charge < -0.3 is 20.3 Å². The SMILES string of the molecule is CC1=C2C(O)C3C(CC(=O)C4CC(O)CCC43C)C2CCC12OC1CC(C)CNC1C2C. The molecular formula is C27H41NO4. The molecule has 0 aromatic rings. The number of Topliss-reactive ketones (excluding diaryl/α,β-unsaturated/α-hetero) is 1. The van der Waals surface area contributed by atoms with Crippen LogP contribution in [-0.2, 0) is 9.53 Å². The number of aliphatic hydroxyl groups excluding tert-OH is 2. The summed E-state index contributed by atoms with van der Waals surface area (Å²) in [5.41, 5.74) is 2.00. The largest absolute Gasteiger partial charge is 0.393 e. The van der Waals surface area contributed by atoms with Gasteiger partial charge in [0.05, 0.1) is 23.9 Å². The molecule has 6 rings (SSSR count). The fourth-order valence-electron chi connectivity index (χ4n) is 9.60. The minimum atomic E-state index is -0.483. The summed E-state index contributed by atoms with van der Waals surface area (Å²) < 4.78 is 6.93. The topological polar surface area (TPSA) is 78.8 Å². The third-order valence-corrected chi connectivity index (χ3v) is 11.2. The summed E-state index contributed by atoms with van der Waals surface area (Å²) >= 11 is 0. The number of rotatable bonds is 0. The Labute approximate surface area is 192 Å². The first-order valence-corrected chi connectivity index (χ1v) is 13.2. The summed E-state index contributed by atoms with van der Waals surface area (Å²) in [6.07, 6.45) is 5.26. The smallest absolute Gasteiger partial charge is 0.136 e. The van der Waals surface area contributed by atoms with Crippen LogP contribution in [0, 0.1) is 40.9 Å². The van der Waals surface area contributed by atoms with Crippen molar-refractivity contribution in [1.29, 1.82) is 0 Å². The van der Waals surface area contributed by atoms with Crippen molar-refractivity contribution in [1.82, 2.24) is 5.32 Å². The van der Waals surface area contributed by atoms with E-state index in [2.05, 4.69) is 33.0 Å². The average Bonchev–Trinajstić information content (AvgIpc) is 3.19. The molecule has 1 spiro atoms. The first-order valence-electron chi connectivity index (χ1n) is 13.2. The van der Waals surface area contributed by atoms with Gasteiger partial charge in [0.15, 0.2) is 0 Å². The fraction of sp³-hybridized carbons (Fsp3) is 0.889. The van der Waals surface area contributed by atoms with E-state index in [1.807, 2.05) is 0 Å². The Kier molecular flexibility index (Phi) is 4.85. The lowest BCUT2D eigenvalue weighted by atomic mass is 9.51. The van der Waals surface area contributed by atoms with E-state index in [4.69, 9.17) is 4.74 Å². The van der Waals surface area contributed by atoms with Gasteiger partial charge in [-0.15, -0.1) is 0 Å². The Morgan fingerprint density at radius 2 is 1.91 bits per heavy atom. The standard InChI is InChI=1S/C27H41NO4/c1-13-9-21-24(28-12-13)15(3)27(32-21)8-6-17-18-11-20(30)19-10-16(29)5-7-26(19,4)23(18)25(31)22(17)14(27)2/h13,15-19,21,23-25,28-29,31H,5-12H2,1-4H3. The van der Waals surface area contributed by atoms with Gasteiger partial charge in [-0.2, -0.15) is 0 Å². The lowest BCUT2D eigenvalue weighted by molar-refractivity contribution is -0.150. The number of aliphatic hydroxyl groups is 2. The van der Waals surface area contributed by atoms with Crippen LogP contribution in [0.25, 0.3) is 0 Å². The molecular weight excluding hydrogens is 402 g/mol. The number of piperidine rings is 1. The molecule has 5 nitrogen and oxygen atoms in total. The Hall–Kier alpha value is -0.750. The Balaban J connectivity index is 1.39. The van der Waals surface area contributed by atoms with Crippen LogP contribution >= 0.6 is 0 Å². The number of nitrogens with one attached hydrogen (secondary N) is 1. The van der Waals surface area contributed by atoms with Crippen LogP contribution in [-0.4, -0.2) is 52.5 Å². The van der Waals surface area contributed by atoms with Gasteiger partial charge in [0, 0.05) is 24.3 Å². The molecule has 2 heterocycles. The molecule has 3 saturated carbocycles. The second-order valence-corrected chi connectivity index (χ2v) is 12.6. The van der Waals surface area contributed by atoms with Gasteiger partial charge in [-0.25, -0.2) is 0 Å². The minimum Gasteiger partial charge on any atom is -0.393 e. The van der Waals surface area contributed by atoms with E-state index in [1.54, 1.807) is 0 Å². The Bertz CT molecular complexity index is 855. The highest BCUT2D eigenvalue weighted by Crippen LogP contribution is 2.65. The van der Waals surface area contributed by atoms with E-state index in [0.29, 0.717) is 42.4 Å². The fourth-order valence-corrected chi connectivity index (χ4v) is 9.60. The van der Waals surface area contributed by atoms with Crippen LogP contribution in [0.3, 0.4) is 0 Å².